The molecule has 0 spiro atoms. The summed E-state index contributed by atoms with van der Waals surface area (Å²) in [6.45, 7) is 1.82. The maximum atomic E-state index is 11.5. The molecule has 0 aromatic heterocycles. The highest BCUT2D eigenvalue weighted by Gasteiger charge is 2.13. The second-order valence-corrected chi connectivity index (χ2v) is 3.48. The van der Waals surface area contributed by atoms with Crippen molar-refractivity contribution in [2.75, 3.05) is 6.54 Å². The molecule has 4 heteroatoms. The fraction of sp³-hybridized carbons (Fsp3) is 0.308. The van der Waals surface area contributed by atoms with Crippen LogP contribution in [0.25, 0.3) is 0 Å². The van der Waals surface area contributed by atoms with Crippen LogP contribution in [0.1, 0.15) is 12.5 Å². The van der Waals surface area contributed by atoms with Crippen LogP contribution in [-0.2, 0) is 11.4 Å². The molecular formula is C13H15NO3. The highest BCUT2D eigenvalue weighted by molar-refractivity contribution is 5.80. The van der Waals surface area contributed by atoms with Gasteiger partial charge in [-0.3, -0.25) is 4.79 Å². The van der Waals surface area contributed by atoms with E-state index in [0.29, 0.717) is 5.75 Å². The Bertz CT molecular complexity index is 406. The van der Waals surface area contributed by atoms with E-state index in [9.17, 15) is 4.79 Å². The second kappa shape index (κ2) is 6.56. The van der Waals surface area contributed by atoms with Crippen LogP contribution in [0, 0.1) is 12.3 Å². The van der Waals surface area contributed by atoms with Gasteiger partial charge in [0.05, 0.1) is 13.2 Å². The number of hydrogen-bond acceptors (Lipinski definition) is 3. The summed E-state index contributed by atoms with van der Waals surface area (Å²) < 4.78 is 5.41. The molecule has 17 heavy (non-hydrogen) atoms. The normalized spacial score (nSPS) is 11.4. The van der Waals surface area contributed by atoms with Gasteiger partial charge < -0.3 is 15.2 Å². The molecule has 0 heterocycles. The average Bonchev–Trinajstić information content (AvgIpc) is 2.36. The first-order chi connectivity index (χ1) is 8.17. The fourth-order valence-corrected chi connectivity index (χ4v) is 1.21. The van der Waals surface area contributed by atoms with Gasteiger partial charge in [0.15, 0.2) is 6.10 Å². The lowest BCUT2D eigenvalue weighted by Gasteiger charge is -2.13. The standard InChI is InChI=1S/C13H15NO3/c1-3-8-14-13(16)10(2)17-12-6-4-11(9-15)5-7-12/h1,4-7,10,15H,8-9H2,2H3,(H,14,16). The Morgan fingerprint density at radius 3 is 2.71 bits per heavy atom. The lowest BCUT2D eigenvalue weighted by molar-refractivity contribution is -0.126. The number of rotatable bonds is 5. The summed E-state index contributed by atoms with van der Waals surface area (Å²) in [4.78, 5) is 11.5. The predicted octanol–water partition coefficient (Wildman–Crippen LogP) is 0.696. The Balaban J connectivity index is 2.52. The molecule has 0 radical (unpaired) electrons. The Morgan fingerprint density at radius 1 is 1.53 bits per heavy atom. The maximum Gasteiger partial charge on any atom is 0.261 e. The van der Waals surface area contributed by atoms with Crippen molar-refractivity contribution in [1.29, 1.82) is 0 Å². The van der Waals surface area contributed by atoms with Crippen LogP contribution >= 0.6 is 0 Å². The lowest BCUT2D eigenvalue weighted by Crippen LogP contribution is -2.36. The topological polar surface area (TPSA) is 58.6 Å². The molecule has 1 amide bonds. The van der Waals surface area contributed by atoms with Gasteiger partial charge >= 0.3 is 0 Å². The number of ether oxygens (including phenoxy) is 1. The molecule has 1 aromatic carbocycles. The second-order valence-electron chi connectivity index (χ2n) is 3.48. The van der Waals surface area contributed by atoms with Crippen molar-refractivity contribution in [1.82, 2.24) is 5.32 Å². The zero-order chi connectivity index (χ0) is 12.7. The molecule has 90 valence electrons. The number of benzene rings is 1. The van der Waals surface area contributed by atoms with Crippen molar-refractivity contribution < 1.29 is 14.6 Å². The fourth-order valence-electron chi connectivity index (χ4n) is 1.21. The highest BCUT2D eigenvalue weighted by Crippen LogP contribution is 2.13. The first-order valence-corrected chi connectivity index (χ1v) is 5.25. The van der Waals surface area contributed by atoms with E-state index in [1.165, 1.54) is 0 Å². The van der Waals surface area contributed by atoms with Crippen LogP contribution < -0.4 is 10.1 Å². The van der Waals surface area contributed by atoms with Gasteiger partial charge in [-0.05, 0) is 24.6 Å². The van der Waals surface area contributed by atoms with E-state index in [2.05, 4.69) is 11.2 Å². The minimum atomic E-state index is -0.608. The molecule has 1 unspecified atom stereocenters. The number of amides is 1. The quantitative estimate of drug-likeness (QED) is 0.736. The summed E-state index contributed by atoms with van der Waals surface area (Å²) in [6.07, 6.45) is 4.42. The third kappa shape index (κ3) is 4.17. The van der Waals surface area contributed by atoms with Gasteiger partial charge in [0.2, 0.25) is 0 Å². The minimum absolute atomic E-state index is 0.0154. The number of aliphatic hydroxyl groups excluding tert-OH is 1. The summed E-state index contributed by atoms with van der Waals surface area (Å²) in [5, 5.41) is 11.4. The van der Waals surface area contributed by atoms with Crippen molar-refractivity contribution in [3.63, 3.8) is 0 Å². The van der Waals surface area contributed by atoms with E-state index >= 15 is 0 Å². The lowest BCUT2D eigenvalue weighted by atomic mass is 10.2. The average molecular weight is 233 g/mol. The maximum absolute atomic E-state index is 11.5. The summed E-state index contributed by atoms with van der Waals surface area (Å²) in [7, 11) is 0. The van der Waals surface area contributed by atoms with Crippen LogP contribution in [0.15, 0.2) is 24.3 Å². The van der Waals surface area contributed by atoms with E-state index in [4.69, 9.17) is 16.3 Å². The minimum Gasteiger partial charge on any atom is -0.481 e. The molecule has 0 saturated heterocycles. The molecule has 0 aliphatic heterocycles. The Kier molecular flexibility index (Phi) is 5.05. The molecule has 1 rings (SSSR count). The third-order valence-corrected chi connectivity index (χ3v) is 2.15. The molecule has 4 nitrogen and oxygen atoms in total. The number of aliphatic hydroxyl groups is 1. The Labute approximate surface area is 101 Å². The summed E-state index contributed by atoms with van der Waals surface area (Å²) in [6, 6.07) is 6.88. The van der Waals surface area contributed by atoms with Crippen LogP contribution in [-0.4, -0.2) is 23.7 Å². The van der Waals surface area contributed by atoms with Crippen LogP contribution in [0.4, 0.5) is 0 Å². The number of hydrogen-bond donors (Lipinski definition) is 2. The van der Waals surface area contributed by atoms with E-state index < -0.39 is 6.10 Å². The van der Waals surface area contributed by atoms with Gasteiger partial charge in [0, 0.05) is 0 Å². The Morgan fingerprint density at radius 2 is 2.18 bits per heavy atom. The number of nitrogens with one attached hydrogen (secondary N) is 1. The number of carbonyl (C=O) groups excluding carboxylic acids is 1. The first kappa shape index (κ1) is 13.1. The van der Waals surface area contributed by atoms with Crippen LogP contribution in [0.2, 0.25) is 0 Å². The molecule has 1 aromatic rings. The molecule has 0 bridgehead atoms. The monoisotopic (exact) mass is 233 g/mol. The van der Waals surface area contributed by atoms with Gasteiger partial charge in [0.25, 0.3) is 5.91 Å². The van der Waals surface area contributed by atoms with Crippen molar-refractivity contribution in [2.45, 2.75) is 19.6 Å². The van der Waals surface area contributed by atoms with E-state index in [1.807, 2.05) is 0 Å². The van der Waals surface area contributed by atoms with Gasteiger partial charge in [0.1, 0.15) is 5.75 Å². The zero-order valence-electron chi connectivity index (χ0n) is 9.64. The van der Waals surface area contributed by atoms with Gasteiger partial charge in [-0.2, -0.15) is 0 Å². The molecule has 2 N–H and O–H groups in total. The molecule has 0 aliphatic rings. The van der Waals surface area contributed by atoms with Gasteiger partial charge in [-0.25, -0.2) is 0 Å². The van der Waals surface area contributed by atoms with Crippen LogP contribution in [0.3, 0.4) is 0 Å². The molecular weight excluding hydrogens is 218 g/mol. The van der Waals surface area contributed by atoms with Crippen molar-refractivity contribution in [2.24, 2.45) is 0 Å². The zero-order valence-corrected chi connectivity index (χ0v) is 9.64. The number of terminal acetylenes is 1. The highest BCUT2D eigenvalue weighted by atomic mass is 16.5. The predicted molar refractivity (Wildman–Crippen MR) is 64.3 cm³/mol. The molecule has 1 atom stereocenters. The van der Waals surface area contributed by atoms with E-state index in [-0.39, 0.29) is 19.1 Å². The summed E-state index contributed by atoms with van der Waals surface area (Å²) in [5.74, 6) is 2.64. The molecule has 0 aliphatic carbocycles. The molecule has 0 saturated carbocycles. The Hall–Kier alpha value is -1.99. The first-order valence-electron chi connectivity index (χ1n) is 5.25. The smallest absolute Gasteiger partial charge is 0.261 e. The summed E-state index contributed by atoms with van der Waals surface area (Å²) >= 11 is 0. The van der Waals surface area contributed by atoms with Crippen molar-refractivity contribution in [3.05, 3.63) is 29.8 Å². The third-order valence-electron chi connectivity index (χ3n) is 2.15. The van der Waals surface area contributed by atoms with E-state index in [1.54, 1.807) is 31.2 Å². The van der Waals surface area contributed by atoms with Crippen molar-refractivity contribution in [3.8, 4) is 18.1 Å². The van der Waals surface area contributed by atoms with Gasteiger partial charge in [-0.15, -0.1) is 6.42 Å². The van der Waals surface area contributed by atoms with Gasteiger partial charge in [-0.1, -0.05) is 18.1 Å². The van der Waals surface area contributed by atoms with Crippen LogP contribution in [0.5, 0.6) is 5.75 Å². The van der Waals surface area contributed by atoms with E-state index in [0.717, 1.165) is 5.56 Å². The largest absolute Gasteiger partial charge is 0.481 e. The molecule has 0 fully saturated rings. The SMILES string of the molecule is C#CCNC(=O)C(C)Oc1ccc(CO)cc1. The van der Waals surface area contributed by atoms with Crippen molar-refractivity contribution >= 4 is 5.91 Å². The number of carbonyl (C=O) groups is 1. The summed E-state index contributed by atoms with van der Waals surface area (Å²) in [5.41, 5.74) is 0.793.